The fraction of sp³-hybridized carbons (Fsp3) is 0.409. The molecule has 0 fully saturated rings. The molecule has 2 aliphatic rings. The van der Waals surface area contributed by atoms with E-state index in [1.807, 2.05) is 0 Å². The summed E-state index contributed by atoms with van der Waals surface area (Å²) in [4.78, 5) is 42.3. The van der Waals surface area contributed by atoms with Gasteiger partial charge in [0.1, 0.15) is 11.5 Å². The van der Waals surface area contributed by atoms with Crippen LogP contribution < -0.4 is 5.56 Å². The molecule has 0 saturated carbocycles. The van der Waals surface area contributed by atoms with Gasteiger partial charge in [-0.25, -0.2) is 4.39 Å². The van der Waals surface area contributed by atoms with Crippen molar-refractivity contribution in [3.05, 3.63) is 62.8 Å². The maximum Gasteiger partial charge on any atom is 0.294 e. The minimum Gasteiger partial charge on any atom is -0.502 e. The highest BCUT2D eigenvalue weighted by atomic mass is 19.1. The van der Waals surface area contributed by atoms with Gasteiger partial charge >= 0.3 is 0 Å². The van der Waals surface area contributed by atoms with Gasteiger partial charge in [-0.1, -0.05) is 12.1 Å². The molecule has 1 aromatic carbocycles. The van der Waals surface area contributed by atoms with Gasteiger partial charge in [0.25, 0.3) is 17.4 Å². The van der Waals surface area contributed by atoms with Crippen molar-refractivity contribution in [2.75, 3.05) is 26.7 Å². The molecule has 0 aliphatic carbocycles. The van der Waals surface area contributed by atoms with Crippen LogP contribution in [-0.2, 0) is 13.0 Å². The van der Waals surface area contributed by atoms with Crippen LogP contribution in [0.15, 0.2) is 29.1 Å². The molecule has 31 heavy (non-hydrogen) atoms. The zero-order valence-electron chi connectivity index (χ0n) is 17.2. The van der Waals surface area contributed by atoms with Crippen molar-refractivity contribution in [2.24, 2.45) is 0 Å². The number of aromatic hydroxyl groups is 1. The SMILES string of the molecule is CN1CCCC(CO)n2c(c3c(c(O)c2=O)C(=O)N(Cc2ccc(F)cc2)CC3)C1=O. The largest absolute Gasteiger partial charge is 0.502 e. The summed E-state index contributed by atoms with van der Waals surface area (Å²) in [5.41, 5.74) is 0.0809. The highest BCUT2D eigenvalue weighted by Gasteiger charge is 2.37. The second-order valence-corrected chi connectivity index (χ2v) is 8.03. The van der Waals surface area contributed by atoms with Gasteiger partial charge < -0.3 is 20.0 Å². The average molecular weight is 429 g/mol. The maximum absolute atomic E-state index is 13.2. The predicted molar refractivity (Wildman–Crippen MR) is 110 cm³/mol. The third-order valence-electron chi connectivity index (χ3n) is 6.06. The molecule has 0 saturated heterocycles. The summed E-state index contributed by atoms with van der Waals surface area (Å²) in [7, 11) is 1.63. The summed E-state index contributed by atoms with van der Waals surface area (Å²) in [6.07, 6.45) is 1.33. The number of nitrogens with zero attached hydrogens (tertiary/aromatic N) is 3. The lowest BCUT2D eigenvalue weighted by Gasteiger charge is -2.34. The fourth-order valence-corrected chi connectivity index (χ4v) is 4.40. The minimum absolute atomic E-state index is 0.0637. The molecule has 1 unspecified atom stereocenters. The molecule has 1 aromatic heterocycles. The van der Waals surface area contributed by atoms with Gasteiger partial charge in [0, 0.05) is 32.2 Å². The number of pyridine rings is 1. The summed E-state index contributed by atoms with van der Waals surface area (Å²) >= 11 is 0. The van der Waals surface area contributed by atoms with Crippen LogP contribution in [0.5, 0.6) is 5.75 Å². The Morgan fingerprint density at radius 2 is 1.81 bits per heavy atom. The Morgan fingerprint density at radius 1 is 1.10 bits per heavy atom. The number of hydrogen-bond donors (Lipinski definition) is 2. The number of hydrogen-bond acceptors (Lipinski definition) is 5. The van der Waals surface area contributed by atoms with Crippen molar-refractivity contribution in [3.8, 4) is 5.75 Å². The van der Waals surface area contributed by atoms with E-state index in [0.29, 0.717) is 30.5 Å². The lowest BCUT2D eigenvalue weighted by atomic mass is 9.93. The number of fused-ring (bicyclic) bond motifs is 3. The van der Waals surface area contributed by atoms with E-state index >= 15 is 0 Å². The first kappa shape index (κ1) is 21.0. The summed E-state index contributed by atoms with van der Waals surface area (Å²) in [6.45, 7) is 0.564. The molecule has 9 heteroatoms. The summed E-state index contributed by atoms with van der Waals surface area (Å²) in [5, 5.41) is 20.5. The van der Waals surface area contributed by atoms with Crippen molar-refractivity contribution in [1.82, 2.24) is 14.4 Å². The number of rotatable bonds is 3. The number of benzene rings is 1. The molecule has 0 bridgehead atoms. The molecule has 8 nitrogen and oxygen atoms in total. The van der Waals surface area contributed by atoms with E-state index in [4.69, 9.17) is 0 Å². The summed E-state index contributed by atoms with van der Waals surface area (Å²) < 4.78 is 14.3. The van der Waals surface area contributed by atoms with Crippen LogP contribution in [0.25, 0.3) is 0 Å². The molecule has 0 spiro atoms. The smallest absolute Gasteiger partial charge is 0.294 e. The Labute approximate surface area is 178 Å². The van der Waals surface area contributed by atoms with Gasteiger partial charge in [0.05, 0.1) is 18.2 Å². The van der Waals surface area contributed by atoms with Crippen LogP contribution in [0.2, 0.25) is 0 Å². The molecule has 0 radical (unpaired) electrons. The van der Waals surface area contributed by atoms with Gasteiger partial charge in [0.2, 0.25) is 0 Å². The standard InChI is InChI=1S/C22H24FN3O5/c1-24-9-2-3-15(12-27)26-18(21(24)30)16-8-10-25(11-13-4-6-14(23)7-5-13)20(29)17(16)19(28)22(26)31/h4-7,15,27-28H,2-3,8-12H2,1H3. The van der Waals surface area contributed by atoms with Crippen molar-refractivity contribution < 1.29 is 24.2 Å². The third-order valence-corrected chi connectivity index (χ3v) is 6.06. The monoisotopic (exact) mass is 429 g/mol. The van der Waals surface area contributed by atoms with E-state index in [1.54, 1.807) is 19.2 Å². The molecule has 164 valence electrons. The van der Waals surface area contributed by atoms with Crippen LogP contribution in [0.4, 0.5) is 4.39 Å². The fourth-order valence-electron chi connectivity index (χ4n) is 4.40. The van der Waals surface area contributed by atoms with E-state index in [2.05, 4.69) is 0 Å². The molecular formula is C22H24FN3O5. The van der Waals surface area contributed by atoms with Crippen molar-refractivity contribution in [1.29, 1.82) is 0 Å². The molecule has 3 heterocycles. The molecular weight excluding hydrogens is 405 g/mol. The summed E-state index contributed by atoms with van der Waals surface area (Å²) in [6, 6.07) is 5.08. The van der Waals surface area contributed by atoms with Crippen LogP contribution in [0.3, 0.4) is 0 Å². The van der Waals surface area contributed by atoms with Gasteiger partial charge in [0.15, 0.2) is 5.75 Å². The predicted octanol–water partition coefficient (Wildman–Crippen LogP) is 1.29. The van der Waals surface area contributed by atoms with Gasteiger partial charge in [-0.15, -0.1) is 0 Å². The topological polar surface area (TPSA) is 103 Å². The number of aliphatic hydroxyl groups is 1. The van der Waals surface area contributed by atoms with E-state index in [1.165, 1.54) is 21.9 Å². The van der Waals surface area contributed by atoms with Crippen LogP contribution >= 0.6 is 0 Å². The lowest BCUT2D eigenvalue weighted by Crippen LogP contribution is -2.45. The lowest BCUT2D eigenvalue weighted by molar-refractivity contribution is 0.0712. The Kier molecular flexibility index (Phi) is 5.53. The van der Waals surface area contributed by atoms with Gasteiger partial charge in [-0.05, 0) is 37.0 Å². The third kappa shape index (κ3) is 3.59. The van der Waals surface area contributed by atoms with E-state index < -0.39 is 29.2 Å². The number of amides is 2. The molecule has 2 aromatic rings. The number of aromatic nitrogens is 1. The van der Waals surface area contributed by atoms with Crippen LogP contribution in [0, 0.1) is 5.82 Å². The van der Waals surface area contributed by atoms with E-state index in [0.717, 1.165) is 4.57 Å². The summed E-state index contributed by atoms with van der Waals surface area (Å²) in [5.74, 6) is -2.06. The van der Waals surface area contributed by atoms with Crippen LogP contribution in [-0.4, -0.2) is 63.1 Å². The first-order valence-electron chi connectivity index (χ1n) is 10.2. The molecule has 4 rings (SSSR count). The van der Waals surface area contributed by atoms with Gasteiger partial charge in [-0.3, -0.25) is 19.0 Å². The van der Waals surface area contributed by atoms with Gasteiger partial charge in [-0.2, -0.15) is 0 Å². The molecule has 2 N–H and O–H groups in total. The van der Waals surface area contributed by atoms with Crippen LogP contribution in [0.1, 0.15) is 50.9 Å². The Bertz CT molecular complexity index is 1100. The molecule has 1 atom stereocenters. The zero-order chi connectivity index (χ0) is 22.3. The number of carbonyl (C=O) groups is 2. The van der Waals surface area contributed by atoms with Crippen molar-refractivity contribution in [2.45, 2.75) is 31.8 Å². The second kappa shape index (κ2) is 8.14. The number of carbonyl (C=O) groups excluding carboxylic acids is 2. The zero-order valence-corrected chi connectivity index (χ0v) is 17.2. The quantitative estimate of drug-likeness (QED) is 0.766. The highest BCUT2D eigenvalue weighted by Crippen LogP contribution is 2.32. The Morgan fingerprint density at radius 3 is 2.48 bits per heavy atom. The first-order chi connectivity index (χ1) is 14.8. The minimum atomic E-state index is -0.853. The molecule has 2 aliphatic heterocycles. The molecule has 2 amide bonds. The Balaban J connectivity index is 1.82. The van der Waals surface area contributed by atoms with Crippen molar-refractivity contribution in [3.63, 3.8) is 0 Å². The number of aliphatic hydroxyl groups excluding tert-OH is 1. The normalized spacial score (nSPS) is 19.0. The van der Waals surface area contributed by atoms with Crippen molar-refractivity contribution >= 4 is 11.8 Å². The number of halogens is 1. The highest BCUT2D eigenvalue weighted by molar-refractivity contribution is 6.03. The van der Waals surface area contributed by atoms with E-state index in [-0.39, 0.29) is 43.2 Å². The Hall–Kier alpha value is -3.20. The first-order valence-corrected chi connectivity index (χ1v) is 10.2. The maximum atomic E-state index is 13.2. The average Bonchev–Trinajstić information content (AvgIpc) is 2.75. The van der Waals surface area contributed by atoms with E-state index in [9.17, 15) is 29.0 Å². The second-order valence-electron chi connectivity index (χ2n) is 8.03.